The molecule has 1 aromatic carbocycles. The maximum absolute atomic E-state index is 11.6. The van der Waals surface area contributed by atoms with Gasteiger partial charge in [-0.1, -0.05) is 17.3 Å². The highest BCUT2D eigenvalue weighted by atomic mass is 16.2. The quantitative estimate of drug-likeness (QED) is 0.724. The highest BCUT2D eigenvalue weighted by Gasteiger charge is 2.16. The molecule has 1 amide bonds. The van der Waals surface area contributed by atoms with E-state index in [1.807, 2.05) is 24.3 Å². The third kappa shape index (κ3) is 1.67. The van der Waals surface area contributed by atoms with Gasteiger partial charge in [0.15, 0.2) is 11.6 Å². The van der Waals surface area contributed by atoms with Crippen LogP contribution in [0.4, 0.5) is 0 Å². The summed E-state index contributed by atoms with van der Waals surface area (Å²) in [7, 11) is 3.34. The van der Waals surface area contributed by atoms with Gasteiger partial charge in [-0.2, -0.15) is 4.68 Å². The third-order valence-electron chi connectivity index (χ3n) is 2.96. The zero-order valence-corrected chi connectivity index (χ0v) is 10.5. The molecule has 3 aromatic rings. The van der Waals surface area contributed by atoms with Gasteiger partial charge in [-0.25, -0.2) is 4.98 Å². The minimum absolute atomic E-state index is 0.238. The fourth-order valence-electron chi connectivity index (χ4n) is 1.96. The van der Waals surface area contributed by atoms with Gasteiger partial charge in [0.05, 0.1) is 11.7 Å². The molecule has 7 nitrogen and oxygen atoms in total. The van der Waals surface area contributed by atoms with Crippen molar-refractivity contribution in [2.45, 2.75) is 0 Å². The second kappa shape index (κ2) is 4.20. The van der Waals surface area contributed by atoms with Gasteiger partial charge in [-0.05, 0) is 12.1 Å². The van der Waals surface area contributed by atoms with Gasteiger partial charge >= 0.3 is 0 Å². The zero-order valence-electron chi connectivity index (χ0n) is 10.5. The van der Waals surface area contributed by atoms with Crippen LogP contribution in [0.25, 0.3) is 16.9 Å². The van der Waals surface area contributed by atoms with Gasteiger partial charge in [-0.15, -0.1) is 5.10 Å². The molecule has 19 heavy (non-hydrogen) atoms. The SMILES string of the molecule is CNC(=O)c1ncc(-n2nnc3ccccc32)n1C. The second-order valence-electron chi connectivity index (χ2n) is 4.07. The van der Waals surface area contributed by atoms with E-state index in [0.717, 1.165) is 11.0 Å². The first kappa shape index (κ1) is 11.4. The first-order valence-corrected chi connectivity index (χ1v) is 5.77. The first-order valence-electron chi connectivity index (χ1n) is 5.77. The van der Waals surface area contributed by atoms with Crippen molar-refractivity contribution in [1.82, 2.24) is 29.9 Å². The van der Waals surface area contributed by atoms with Crippen LogP contribution in [0.2, 0.25) is 0 Å². The first-order chi connectivity index (χ1) is 9.22. The topological polar surface area (TPSA) is 77.6 Å². The number of para-hydroxylation sites is 1. The van der Waals surface area contributed by atoms with Crippen LogP contribution in [-0.4, -0.2) is 37.5 Å². The molecule has 0 atom stereocenters. The summed E-state index contributed by atoms with van der Waals surface area (Å²) in [5, 5.41) is 10.7. The summed E-state index contributed by atoms with van der Waals surface area (Å²) in [6.07, 6.45) is 1.60. The van der Waals surface area contributed by atoms with Crippen LogP contribution in [0.15, 0.2) is 30.5 Å². The van der Waals surface area contributed by atoms with Crippen molar-refractivity contribution in [3.8, 4) is 5.82 Å². The minimum Gasteiger partial charge on any atom is -0.352 e. The lowest BCUT2D eigenvalue weighted by atomic mass is 10.3. The summed E-state index contributed by atoms with van der Waals surface area (Å²) in [6.45, 7) is 0. The van der Waals surface area contributed by atoms with E-state index in [-0.39, 0.29) is 5.91 Å². The van der Waals surface area contributed by atoms with Crippen molar-refractivity contribution in [3.05, 3.63) is 36.3 Å². The van der Waals surface area contributed by atoms with Gasteiger partial charge in [0.25, 0.3) is 5.91 Å². The van der Waals surface area contributed by atoms with Crippen molar-refractivity contribution in [2.24, 2.45) is 7.05 Å². The Balaban J connectivity index is 2.17. The molecule has 0 aliphatic carbocycles. The zero-order chi connectivity index (χ0) is 13.4. The number of amides is 1. The standard InChI is InChI=1S/C12H12N6O/c1-13-12(19)11-14-7-10(17(11)2)18-9-6-4-3-5-8(9)15-16-18/h3-7H,1-2H3,(H,13,19). The number of hydrogen-bond donors (Lipinski definition) is 1. The van der Waals surface area contributed by atoms with Crippen LogP contribution in [0.1, 0.15) is 10.6 Å². The molecule has 1 N–H and O–H groups in total. The van der Waals surface area contributed by atoms with E-state index in [9.17, 15) is 4.79 Å². The monoisotopic (exact) mass is 256 g/mol. The van der Waals surface area contributed by atoms with Crippen molar-refractivity contribution >= 4 is 16.9 Å². The molecule has 2 aromatic heterocycles. The van der Waals surface area contributed by atoms with Crippen molar-refractivity contribution < 1.29 is 4.79 Å². The number of carbonyl (C=O) groups is 1. The average Bonchev–Trinajstić information content (AvgIpc) is 3.01. The molecule has 0 radical (unpaired) electrons. The fourth-order valence-corrected chi connectivity index (χ4v) is 1.96. The summed E-state index contributed by atoms with van der Waals surface area (Å²) in [5.41, 5.74) is 1.67. The van der Waals surface area contributed by atoms with Gasteiger partial charge in [0, 0.05) is 14.1 Å². The smallest absolute Gasteiger partial charge is 0.287 e. The summed E-state index contributed by atoms with van der Waals surface area (Å²) in [5.74, 6) is 0.780. The molecule has 0 fully saturated rings. The number of nitrogens with one attached hydrogen (secondary N) is 1. The van der Waals surface area contributed by atoms with E-state index in [2.05, 4.69) is 20.6 Å². The van der Waals surface area contributed by atoms with Crippen LogP contribution in [-0.2, 0) is 7.05 Å². The fraction of sp³-hybridized carbons (Fsp3) is 0.167. The Hall–Kier alpha value is -2.70. The van der Waals surface area contributed by atoms with Gasteiger partial charge in [-0.3, -0.25) is 4.79 Å². The van der Waals surface area contributed by atoms with Crippen LogP contribution in [0.3, 0.4) is 0 Å². The molecule has 0 aliphatic rings. The number of imidazole rings is 1. The van der Waals surface area contributed by atoms with Gasteiger partial charge in [0.1, 0.15) is 5.52 Å². The van der Waals surface area contributed by atoms with Gasteiger partial charge < -0.3 is 9.88 Å². The maximum atomic E-state index is 11.6. The maximum Gasteiger partial charge on any atom is 0.287 e. The Kier molecular flexibility index (Phi) is 2.52. The Morgan fingerprint density at radius 2 is 2.11 bits per heavy atom. The molecular weight excluding hydrogens is 244 g/mol. The Bertz CT molecular complexity index is 757. The lowest BCUT2D eigenvalue weighted by Gasteiger charge is -2.05. The molecular formula is C12H12N6O. The van der Waals surface area contributed by atoms with Crippen molar-refractivity contribution in [1.29, 1.82) is 0 Å². The van der Waals surface area contributed by atoms with Crippen molar-refractivity contribution in [3.63, 3.8) is 0 Å². The molecule has 0 saturated heterocycles. The average molecular weight is 256 g/mol. The molecule has 0 bridgehead atoms. The molecule has 96 valence electrons. The summed E-state index contributed by atoms with van der Waals surface area (Å²) >= 11 is 0. The molecule has 3 rings (SSSR count). The van der Waals surface area contributed by atoms with E-state index in [1.165, 1.54) is 0 Å². The Morgan fingerprint density at radius 3 is 2.89 bits per heavy atom. The molecule has 0 aliphatic heterocycles. The van der Waals surface area contributed by atoms with Crippen molar-refractivity contribution in [2.75, 3.05) is 7.05 Å². The number of nitrogens with zero attached hydrogens (tertiary/aromatic N) is 5. The van der Waals surface area contributed by atoms with Crippen LogP contribution >= 0.6 is 0 Å². The predicted molar refractivity (Wildman–Crippen MR) is 69.0 cm³/mol. The van der Waals surface area contributed by atoms with E-state index in [1.54, 1.807) is 29.5 Å². The normalized spacial score (nSPS) is 10.8. The molecule has 2 heterocycles. The number of benzene rings is 1. The lowest BCUT2D eigenvalue weighted by Crippen LogP contribution is -2.22. The number of fused-ring (bicyclic) bond motifs is 1. The predicted octanol–water partition coefficient (Wildman–Crippen LogP) is 0.514. The van der Waals surface area contributed by atoms with Crippen LogP contribution in [0, 0.1) is 0 Å². The number of rotatable bonds is 2. The van der Waals surface area contributed by atoms with E-state index in [4.69, 9.17) is 0 Å². The summed E-state index contributed by atoms with van der Waals surface area (Å²) in [4.78, 5) is 15.8. The number of hydrogen-bond acceptors (Lipinski definition) is 4. The number of aromatic nitrogens is 5. The second-order valence-corrected chi connectivity index (χ2v) is 4.07. The lowest BCUT2D eigenvalue weighted by molar-refractivity contribution is 0.0949. The minimum atomic E-state index is -0.238. The molecule has 0 spiro atoms. The highest BCUT2D eigenvalue weighted by molar-refractivity contribution is 5.91. The molecule has 7 heteroatoms. The van der Waals surface area contributed by atoms with E-state index in [0.29, 0.717) is 11.6 Å². The van der Waals surface area contributed by atoms with E-state index >= 15 is 0 Å². The van der Waals surface area contributed by atoms with Crippen LogP contribution < -0.4 is 5.32 Å². The molecule has 0 unspecified atom stereocenters. The van der Waals surface area contributed by atoms with Crippen LogP contribution in [0.5, 0.6) is 0 Å². The van der Waals surface area contributed by atoms with E-state index < -0.39 is 0 Å². The summed E-state index contributed by atoms with van der Waals surface area (Å²) < 4.78 is 3.34. The summed E-state index contributed by atoms with van der Waals surface area (Å²) in [6, 6.07) is 7.62. The Labute approximate surface area is 108 Å². The van der Waals surface area contributed by atoms with Gasteiger partial charge in [0.2, 0.25) is 0 Å². The largest absolute Gasteiger partial charge is 0.352 e. The highest BCUT2D eigenvalue weighted by Crippen LogP contribution is 2.16. The third-order valence-corrected chi connectivity index (χ3v) is 2.96. The molecule has 0 saturated carbocycles. The number of carbonyl (C=O) groups excluding carboxylic acids is 1. The Morgan fingerprint density at radius 1 is 1.32 bits per heavy atom.